The SMILES string of the molecule is CC.CC.Cc1c2ccccc2cc2ccccc12.c1ccc2cc3ccccc3cc2c1.c1ccc2ccccc2c1. The van der Waals surface area contributed by atoms with E-state index >= 15 is 0 Å². The van der Waals surface area contributed by atoms with Crippen molar-refractivity contribution in [3.05, 3.63) is 169 Å². The topological polar surface area (TPSA) is 0 Å². The van der Waals surface area contributed by atoms with E-state index in [1.54, 1.807) is 0 Å². The van der Waals surface area contributed by atoms with Gasteiger partial charge in [0.05, 0.1) is 0 Å². The maximum Gasteiger partial charge on any atom is -0.0148 e. The summed E-state index contributed by atoms with van der Waals surface area (Å²) in [6, 6.07) is 57.5. The van der Waals surface area contributed by atoms with Crippen molar-refractivity contribution >= 4 is 53.9 Å². The Morgan fingerprint density at radius 1 is 0.256 bits per heavy atom. The predicted octanol–water partition coefficient (Wildman–Crippen LogP) is 13.2. The number of hydrogen-bond acceptors (Lipinski definition) is 0. The zero-order chi connectivity index (χ0) is 30.4. The third kappa shape index (κ3) is 7.67. The number of benzene rings is 8. The van der Waals surface area contributed by atoms with Gasteiger partial charge in [-0.05, 0) is 84.5 Å². The van der Waals surface area contributed by atoms with Crippen LogP contribution in [-0.4, -0.2) is 0 Å². The first-order valence-corrected chi connectivity index (χ1v) is 15.4. The number of rotatable bonds is 0. The van der Waals surface area contributed by atoms with Crippen molar-refractivity contribution in [2.24, 2.45) is 0 Å². The van der Waals surface area contributed by atoms with E-state index in [0.717, 1.165) is 0 Å². The van der Waals surface area contributed by atoms with E-state index in [1.165, 1.54) is 59.4 Å². The molecule has 8 aromatic rings. The Kier molecular flexibility index (Phi) is 11.5. The van der Waals surface area contributed by atoms with Gasteiger partial charge in [0.2, 0.25) is 0 Å². The van der Waals surface area contributed by atoms with E-state index in [-0.39, 0.29) is 0 Å². The number of fused-ring (bicyclic) bond motifs is 5. The van der Waals surface area contributed by atoms with E-state index in [0.29, 0.717) is 0 Å². The molecule has 8 rings (SSSR count). The average molecular weight is 559 g/mol. The molecule has 0 saturated heterocycles. The lowest BCUT2D eigenvalue weighted by atomic mass is 9.98. The van der Waals surface area contributed by atoms with Crippen molar-refractivity contribution in [2.75, 3.05) is 0 Å². The van der Waals surface area contributed by atoms with Crippen LogP contribution in [0.25, 0.3) is 53.9 Å². The minimum absolute atomic E-state index is 1.31. The van der Waals surface area contributed by atoms with Crippen LogP contribution in [0.4, 0.5) is 0 Å². The predicted molar refractivity (Wildman–Crippen MR) is 194 cm³/mol. The standard InChI is InChI=1S/C15H12.C14H10.C10H8.2C2H6/c1-11-14-8-4-2-6-12(14)10-13-7-3-5-9-15(11)13;1-2-6-12-10-14-8-4-3-7-13(14)9-11(12)5-1;1-2-6-10-8-4-3-7-9(10)5-1;2*1-2/h2-10H,1H3;1-10H;1-8H;2*1-2H3. The summed E-state index contributed by atoms with van der Waals surface area (Å²) in [4.78, 5) is 0. The molecule has 43 heavy (non-hydrogen) atoms. The molecule has 0 nitrogen and oxygen atoms in total. The number of aryl methyl sites for hydroxylation is 1. The van der Waals surface area contributed by atoms with Crippen molar-refractivity contribution in [1.29, 1.82) is 0 Å². The molecule has 0 aliphatic heterocycles. The molecule has 0 unspecified atom stereocenters. The first-order valence-electron chi connectivity index (χ1n) is 15.4. The summed E-state index contributed by atoms with van der Waals surface area (Å²) in [5.74, 6) is 0. The Balaban J connectivity index is 0.000000142. The van der Waals surface area contributed by atoms with E-state index in [4.69, 9.17) is 0 Å². The monoisotopic (exact) mass is 558 g/mol. The molecule has 0 atom stereocenters. The van der Waals surface area contributed by atoms with Gasteiger partial charge in [-0.15, -0.1) is 0 Å². The van der Waals surface area contributed by atoms with Crippen LogP contribution in [0, 0.1) is 6.92 Å². The van der Waals surface area contributed by atoms with Crippen molar-refractivity contribution in [1.82, 2.24) is 0 Å². The molecule has 0 N–H and O–H groups in total. The quantitative estimate of drug-likeness (QED) is 0.162. The molecule has 0 spiro atoms. The molecular formula is C43H42. The van der Waals surface area contributed by atoms with E-state index in [1.807, 2.05) is 27.7 Å². The van der Waals surface area contributed by atoms with E-state index < -0.39 is 0 Å². The fraction of sp³-hybridized carbons (Fsp3) is 0.116. The first-order chi connectivity index (χ1) is 21.3. The summed E-state index contributed by atoms with van der Waals surface area (Å²) < 4.78 is 0. The van der Waals surface area contributed by atoms with Crippen LogP contribution in [0.3, 0.4) is 0 Å². The lowest BCUT2D eigenvalue weighted by molar-refractivity contribution is 1.50. The smallest absolute Gasteiger partial charge is 0.0148 e. The Bertz CT molecular complexity index is 1810. The molecule has 0 saturated carbocycles. The molecule has 0 amide bonds. The summed E-state index contributed by atoms with van der Waals surface area (Å²) in [7, 11) is 0. The summed E-state index contributed by atoms with van der Waals surface area (Å²) in [5, 5.41) is 13.2. The molecule has 0 aliphatic carbocycles. The van der Waals surface area contributed by atoms with Crippen LogP contribution < -0.4 is 0 Å². The molecule has 0 heterocycles. The average Bonchev–Trinajstić information content (AvgIpc) is 3.10. The van der Waals surface area contributed by atoms with Gasteiger partial charge in [-0.3, -0.25) is 0 Å². The van der Waals surface area contributed by atoms with Crippen LogP contribution in [-0.2, 0) is 0 Å². The lowest BCUT2D eigenvalue weighted by Gasteiger charge is -2.06. The molecule has 0 fully saturated rings. The van der Waals surface area contributed by atoms with Crippen LogP contribution in [0.2, 0.25) is 0 Å². The highest BCUT2D eigenvalue weighted by Crippen LogP contribution is 2.27. The second-order valence-corrected chi connectivity index (χ2v) is 9.84. The third-order valence-electron chi connectivity index (χ3n) is 7.31. The van der Waals surface area contributed by atoms with Gasteiger partial charge in [-0.25, -0.2) is 0 Å². The second-order valence-electron chi connectivity index (χ2n) is 9.84. The summed E-state index contributed by atoms with van der Waals surface area (Å²) in [5.41, 5.74) is 1.38. The zero-order valence-electron chi connectivity index (χ0n) is 26.1. The molecule has 214 valence electrons. The molecule has 0 radical (unpaired) electrons. The normalized spacial score (nSPS) is 9.98. The van der Waals surface area contributed by atoms with Gasteiger partial charge >= 0.3 is 0 Å². The minimum atomic E-state index is 1.31. The molecule has 0 aromatic heterocycles. The Morgan fingerprint density at radius 3 is 0.767 bits per heavy atom. The molecule has 8 aromatic carbocycles. The van der Waals surface area contributed by atoms with Gasteiger partial charge in [0, 0.05) is 0 Å². The zero-order valence-corrected chi connectivity index (χ0v) is 26.1. The van der Waals surface area contributed by atoms with Gasteiger partial charge in [0.15, 0.2) is 0 Å². The van der Waals surface area contributed by atoms with Crippen molar-refractivity contribution in [3.63, 3.8) is 0 Å². The molecule has 0 bridgehead atoms. The highest BCUT2D eigenvalue weighted by Gasteiger charge is 2.01. The molecular weight excluding hydrogens is 516 g/mol. The minimum Gasteiger partial charge on any atom is -0.0683 e. The highest BCUT2D eigenvalue weighted by molar-refractivity contribution is 6.02. The number of hydrogen-bond donors (Lipinski definition) is 0. The molecule has 0 heteroatoms. The fourth-order valence-electron chi connectivity index (χ4n) is 5.26. The van der Waals surface area contributed by atoms with Gasteiger partial charge < -0.3 is 0 Å². The van der Waals surface area contributed by atoms with Crippen LogP contribution in [0.5, 0.6) is 0 Å². The summed E-state index contributed by atoms with van der Waals surface area (Å²) >= 11 is 0. The van der Waals surface area contributed by atoms with Crippen molar-refractivity contribution in [3.8, 4) is 0 Å². The van der Waals surface area contributed by atoms with Crippen molar-refractivity contribution < 1.29 is 0 Å². The summed E-state index contributed by atoms with van der Waals surface area (Å²) in [6.45, 7) is 10.2. The summed E-state index contributed by atoms with van der Waals surface area (Å²) in [6.07, 6.45) is 0. The molecule has 0 aliphatic rings. The Labute approximate surface area is 257 Å². The van der Waals surface area contributed by atoms with Gasteiger partial charge in [0.1, 0.15) is 0 Å². The second kappa shape index (κ2) is 15.9. The van der Waals surface area contributed by atoms with Gasteiger partial charge in [-0.2, -0.15) is 0 Å². The maximum atomic E-state index is 2.26. The third-order valence-corrected chi connectivity index (χ3v) is 7.31. The Hall–Kier alpha value is -4.94. The largest absolute Gasteiger partial charge is 0.0683 e. The highest BCUT2D eigenvalue weighted by atomic mass is 14.1. The van der Waals surface area contributed by atoms with E-state index in [9.17, 15) is 0 Å². The van der Waals surface area contributed by atoms with Crippen molar-refractivity contribution in [2.45, 2.75) is 34.6 Å². The van der Waals surface area contributed by atoms with Crippen LogP contribution in [0.1, 0.15) is 33.3 Å². The van der Waals surface area contributed by atoms with E-state index in [2.05, 4.69) is 171 Å². The fourth-order valence-corrected chi connectivity index (χ4v) is 5.26. The van der Waals surface area contributed by atoms with Gasteiger partial charge in [-0.1, -0.05) is 173 Å². The first kappa shape index (κ1) is 31.0. The van der Waals surface area contributed by atoms with Gasteiger partial charge in [0.25, 0.3) is 0 Å². The van der Waals surface area contributed by atoms with Crippen LogP contribution >= 0.6 is 0 Å². The Morgan fingerprint density at radius 2 is 0.465 bits per heavy atom. The van der Waals surface area contributed by atoms with Crippen LogP contribution in [0.15, 0.2) is 164 Å². The lowest BCUT2D eigenvalue weighted by Crippen LogP contribution is -1.81. The maximum absolute atomic E-state index is 2.26.